The maximum atomic E-state index is 6.43. The molecule has 0 aliphatic carbocycles. The van der Waals surface area contributed by atoms with Crippen LogP contribution in [-0.4, -0.2) is 4.57 Å². The van der Waals surface area contributed by atoms with E-state index in [-0.39, 0.29) is 0 Å². The lowest BCUT2D eigenvalue weighted by atomic mass is 9.98. The van der Waals surface area contributed by atoms with Gasteiger partial charge in [0.1, 0.15) is 11.2 Å². The molecule has 0 saturated heterocycles. The first-order chi connectivity index (χ1) is 27.3. The molecule has 9 aromatic carbocycles. The Hall–Kier alpha value is -7.36. The van der Waals surface area contributed by atoms with Crippen LogP contribution in [0, 0.1) is 0 Å². The molecule has 0 fully saturated rings. The quantitative estimate of drug-likeness (QED) is 0.172. The van der Waals surface area contributed by atoms with Crippen LogP contribution in [0.4, 0.5) is 17.1 Å². The summed E-state index contributed by atoms with van der Waals surface area (Å²) in [5.74, 6) is 0. The zero-order valence-electron chi connectivity index (χ0n) is 29.9. The van der Waals surface area contributed by atoms with E-state index in [4.69, 9.17) is 4.42 Å². The van der Waals surface area contributed by atoms with Crippen LogP contribution in [-0.2, 0) is 0 Å². The maximum Gasteiger partial charge on any atom is 0.143 e. The van der Waals surface area contributed by atoms with Crippen molar-refractivity contribution in [2.45, 2.75) is 0 Å². The van der Waals surface area contributed by atoms with Crippen molar-refractivity contribution in [1.29, 1.82) is 0 Å². The Kier molecular flexibility index (Phi) is 7.17. The van der Waals surface area contributed by atoms with E-state index < -0.39 is 0 Å². The minimum atomic E-state index is 0.906. The van der Waals surface area contributed by atoms with Crippen molar-refractivity contribution in [2.24, 2.45) is 0 Å². The van der Waals surface area contributed by atoms with Crippen LogP contribution in [0.25, 0.3) is 82.5 Å². The molecule has 3 nitrogen and oxygen atoms in total. The SMILES string of the molecule is c1ccc(-n2c3ccccc3c3cc(N(c4ccc(-c5cccc6ccccc56)cc4)c4ccc(-c5cccc6c5oc5ccccc56)cc4)ccc32)cc1. The van der Waals surface area contributed by atoms with Gasteiger partial charge in [0.05, 0.1) is 11.0 Å². The van der Waals surface area contributed by atoms with Gasteiger partial charge in [-0.3, -0.25) is 0 Å². The van der Waals surface area contributed by atoms with E-state index in [1.54, 1.807) is 0 Å². The first kappa shape index (κ1) is 31.2. The molecule has 11 aromatic rings. The summed E-state index contributed by atoms with van der Waals surface area (Å²) < 4.78 is 8.79. The standard InChI is InChI=1S/C52H34N2O/c1-2-14-38(15-3-1)54-49-22-8-6-17-45(49)48-34-41(32-33-50(48)54)53(39-28-24-36(25-29-39)43-19-10-13-35-12-4-5-16-42(35)43)40-30-26-37(27-31-40)44-20-11-21-47-46-18-7-9-23-51(46)55-52(44)47/h1-34H. The Labute approximate surface area is 318 Å². The number of para-hydroxylation sites is 4. The number of rotatable bonds is 6. The van der Waals surface area contributed by atoms with Crippen molar-refractivity contribution < 1.29 is 4.42 Å². The number of furan rings is 1. The highest BCUT2D eigenvalue weighted by Gasteiger charge is 2.19. The zero-order chi connectivity index (χ0) is 36.3. The second kappa shape index (κ2) is 12.6. The van der Waals surface area contributed by atoms with Crippen LogP contribution in [0.5, 0.6) is 0 Å². The van der Waals surface area contributed by atoms with Crippen molar-refractivity contribution in [3.05, 3.63) is 206 Å². The molecular formula is C52H34N2O. The van der Waals surface area contributed by atoms with Gasteiger partial charge < -0.3 is 13.9 Å². The Morgan fingerprint density at radius 2 is 0.927 bits per heavy atom. The molecule has 2 aromatic heterocycles. The monoisotopic (exact) mass is 702 g/mol. The number of hydrogen-bond donors (Lipinski definition) is 0. The summed E-state index contributed by atoms with van der Waals surface area (Å²) in [6, 6.07) is 73.9. The molecule has 0 N–H and O–H groups in total. The van der Waals surface area contributed by atoms with Gasteiger partial charge in [0.15, 0.2) is 0 Å². The topological polar surface area (TPSA) is 21.3 Å². The highest BCUT2D eigenvalue weighted by atomic mass is 16.3. The molecule has 0 spiro atoms. The summed E-state index contributed by atoms with van der Waals surface area (Å²) in [4.78, 5) is 2.37. The average Bonchev–Trinajstić information content (AvgIpc) is 3.80. The van der Waals surface area contributed by atoms with Crippen molar-refractivity contribution in [2.75, 3.05) is 4.90 Å². The molecule has 3 heteroatoms. The van der Waals surface area contributed by atoms with Crippen LogP contribution in [0.2, 0.25) is 0 Å². The van der Waals surface area contributed by atoms with Gasteiger partial charge >= 0.3 is 0 Å². The molecule has 258 valence electrons. The van der Waals surface area contributed by atoms with E-state index >= 15 is 0 Å². The third-order valence-corrected chi connectivity index (χ3v) is 11.0. The zero-order valence-corrected chi connectivity index (χ0v) is 29.9. The van der Waals surface area contributed by atoms with Crippen LogP contribution >= 0.6 is 0 Å². The number of nitrogens with zero attached hydrogens (tertiary/aromatic N) is 2. The van der Waals surface area contributed by atoms with E-state index in [0.717, 1.165) is 55.8 Å². The smallest absolute Gasteiger partial charge is 0.143 e. The summed E-state index contributed by atoms with van der Waals surface area (Å²) in [5, 5.41) is 7.20. The predicted octanol–water partition coefficient (Wildman–Crippen LogP) is 14.6. The Morgan fingerprint density at radius 3 is 1.73 bits per heavy atom. The number of benzene rings is 9. The fourth-order valence-electron chi connectivity index (χ4n) is 8.43. The molecule has 0 radical (unpaired) electrons. The Balaban J connectivity index is 1.07. The number of hydrogen-bond acceptors (Lipinski definition) is 2. The number of anilines is 3. The largest absolute Gasteiger partial charge is 0.455 e. The summed E-state index contributed by atoms with van der Waals surface area (Å²) >= 11 is 0. The maximum absolute atomic E-state index is 6.43. The highest BCUT2D eigenvalue weighted by molar-refractivity contribution is 6.11. The first-order valence-corrected chi connectivity index (χ1v) is 18.8. The van der Waals surface area contributed by atoms with E-state index in [9.17, 15) is 0 Å². The van der Waals surface area contributed by atoms with Crippen LogP contribution < -0.4 is 4.90 Å². The van der Waals surface area contributed by atoms with Crippen LogP contribution in [0.3, 0.4) is 0 Å². The molecule has 0 saturated carbocycles. The van der Waals surface area contributed by atoms with Crippen LogP contribution in [0.15, 0.2) is 211 Å². The number of fused-ring (bicyclic) bond motifs is 7. The summed E-state index contributed by atoms with van der Waals surface area (Å²) in [6.07, 6.45) is 0. The van der Waals surface area contributed by atoms with Gasteiger partial charge in [0.2, 0.25) is 0 Å². The molecule has 11 rings (SSSR count). The van der Waals surface area contributed by atoms with E-state index in [0.29, 0.717) is 0 Å². The predicted molar refractivity (Wildman–Crippen MR) is 231 cm³/mol. The third-order valence-electron chi connectivity index (χ3n) is 11.0. The molecule has 0 aliphatic heterocycles. The summed E-state index contributed by atoms with van der Waals surface area (Å²) in [7, 11) is 0. The second-order valence-electron chi connectivity index (χ2n) is 14.1. The van der Waals surface area contributed by atoms with Gasteiger partial charge in [-0.15, -0.1) is 0 Å². The molecule has 2 heterocycles. The second-order valence-corrected chi connectivity index (χ2v) is 14.1. The number of aromatic nitrogens is 1. The van der Waals surface area contributed by atoms with Crippen molar-refractivity contribution in [3.8, 4) is 27.9 Å². The van der Waals surface area contributed by atoms with Gasteiger partial charge in [-0.25, -0.2) is 0 Å². The van der Waals surface area contributed by atoms with Crippen molar-refractivity contribution in [1.82, 2.24) is 4.57 Å². The third kappa shape index (κ3) is 5.13. The molecule has 0 unspecified atom stereocenters. The molecule has 55 heavy (non-hydrogen) atoms. The van der Waals surface area contributed by atoms with Gasteiger partial charge in [0, 0.05) is 49.9 Å². The van der Waals surface area contributed by atoms with Gasteiger partial charge in [-0.1, -0.05) is 140 Å². The lowest BCUT2D eigenvalue weighted by molar-refractivity contribution is 0.670. The summed E-state index contributed by atoms with van der Waals surface area (Å²) in [5.41, 5.74) is 13.2. The minimum absolute atomic E-state index is 0.906. The molecule has 0 amide bonds. The lowest BCUT2D eigenvalue weighted by Gasteiger charge is -2.26. The molecule has 0 atom stereocenters. The summed E-state index contributed by atoms with van der Waals surface area (Å²) in [6.45, 7) is 0. The normalized spacial score (nSPS) is 11.6. The van der Waals surface area contributed by atoms with Crippen LogP contribution in [0.1, 0.15) is 0 Å². The minimum Gasteiger partial charge on any atom is -0.455 e. The van der Waals surface area contributed by atoms with E-state index in [1.807, 2.05) is 12.1 Å². The average molecular weight is 703 g/mol. The van der Waals surface area contributed by atoms with Gasteiger partial charge in [0.25, 0.3) is 0 Å². The van der Waals surface area contributed by atoms with Crippen molar-refractivity contribution >= 4 is 71.6 Å². The molecular weight excluding hydrogens is 669 g/mol. The van der Waals surface area contributed by atoms with E-state index in [1.165, 1.54) is 43.7 Å². The first-order valence-electron chi connectivity index (χ1n) is 18.8. The Morgan fingerprint density at radius 1 is 0.364 bits per heavy atom. The Bertz CT molecular complexity index is 3180. The van der Waals surface area contributed by atoms with E-state index in [2.05, 4.69) is 204 Å². The van der Waals surface area contributed by atoms with Gasteiger partial charge in [-0.2, -0.15) is 0 Å². The van der Waals surface area contributed by atoms with Gasteiger partial charge in [-0.05, 0) is 94.2 Å². The lowest BCUT2D eigenvalue weighted by Crippen LogP contribution is -2.10. The molecule has 0 aliphatic rings. The molecule has 0 bridgehead atoms. The van der Waals surface area contributed by atoms with Crippen molar-refractivity contribution in [3.63, 3.8) is 0 Å². The fraction of sp³-hybridized carbons (Fsp3) is 0. The fourth-order valence-corrected chi connectivity index (χ4v) is 8.43. The highest BCUT2D eigenvalue weighted by Crippen LogP contribution is 2.42.